The zero-order chi connectivity index (χ0) is 17.7. The first-order valence-corrected chi connectivity index (χ1v) is 7.92. The largest absolute Gasteiger partial charge is 0.368 e. The highest BCUT2D eigenvalue weighted by molar-refractivity contribution is 9.10. The highest BCUT2D eigenvalue weighted by Gasteiger charge is 2.20. The molecule has 0 saturated carbocycles. The molecule has 0 saturated heterocycles. The molecule has 0 aliphatic rings. The molecule has 1 atom stereocenters. The van der Waals surface area contributed by atoms with E-state index < -0.39 is 35.9 Å². The van der Waals surface area contributed by atoms with Crippen LogP contribution in [0.4, 0.5) is 8.78 Å². The lowest BCUT2D eigenvalue weighted by Crippen LogP contribution is -2.46. The normalized spacial score (nSPS) is 11.8. The van der Waals surface area contributed by atoms with E-state index in [0.29, 0.717) is 0 Å². The number of rotatable bonds is 6. The van der Waals surface area contributed by atoms with Gasteiger partial charge in [-0.15, -0.1) is 0 Å². The molecule has 0 heterocycles. The fourth-order valence-electron chi connectivity index (χ4n) is 2.19. The van der Waals surface area contributed by atoms with Gasteiger partial charge in [-0.1, -0.05) is 34.1 Å². The van der Waals surface area contributed by atoms with Gasteiger partial charge in [0.05, 0.1) is 6.42 Å². The molecular weight excluding hydrogens is 382 g/mol. The van der Waals surface area contributed by atoms with Crippen LogP contribution in [0.2, 0.25) is 0 Å². The van der Waals surface area contributed by atoms with Crippen LogP contribution in [0.15, 0.2) is 46.9 Å². The third-order valence-electron chi connectivity index (χ3n) is 3.43. The van der Waals surface area contributed by atoms with E-state index >= 15 is 0 Å². The number of primary amides is 1. The van der Waals surface area contributed by atoms with Gasteiger partial charge in [0.2, 0.25) is 11.8 Å². The topological polar surface area (TPSA) is 72.2 Å². The van der Waals surface area contributed by atoms with Crippen molar-refractivity contribution in [1.82, 2.24) is 5.32 Å². The summed E-state index contributed by atoms with van der Waals surface area (Å²) in [6.07, 6.45) is -0.323. The van der Waals surface area contributed by atoms with Gasteiger partial charge in [-0.2, -0.15) is 0 Å². The van der Waals surface area contributed by atoms with Crippen molar-refractivity contribution < 1.29 is 18.4 Å². The molecule has 0 fully saturated rings. The van der Waals surface area contributed by atoms with Crippen molar-refractivity contribution in [2.45, 2.75) is 18.9 Å². The Bertz CT molecular complexity index is 731. The molecular formula is C17H15BrF2N2O2. The van der Waals surface area contributed by atoms with E-state index in [-0.39, 0.29) is 12.0 Å². The summed E-state index contributed by atoms with van der Waals surface area (Å²) in [6, 6.07) is 9.54. The average molecular weight is 397 g/mol. The zero-order valence-corrected chi connectivity index (χ0v) is 14.1. The van der Waals surface area contributed by atoms with Crippen LogP contribution in [-0.4, -0.2) is 17.9 Å². The second-order valence-electron chi connectivity index (χ2n) is 5.23. The number of hydrogen-bond acceptors (Lipinski definition) is 2. The number of nitrogens with one attached hydrogen (secondary N) is 1. The summed E-state index contributed by atoms with van der Waals surface area (Å²) < 4.78 is 28.0. The Labute approximate surface area is 146 Å². The number of nitrogens with two attached hydrogens (primary N) is 1. The number of hydrogen-bond donors (Lipinski definition) is 2. The highest BCUT2D eigenvalue weighted by Crippen LogP contribution is 2.14. The quantitative estimate of drug-likeness (QED) is 0.786. The lowest BCUT2D eigenvalue weighted by Gasteiger charge is -2.16. The zero-order valence-electron chi connectivity index (χ0n) is 12.6. The van der Waals surface area contributed by atoms with Crippen LogP contribution in [-0.2, 0) is 22.4 Å². The Balaban J connectivity index is 2.06. The molecule has 0 unspecified atom stereocenters. The van der Waals surface area contributed by atoms with Crippen LogP contribution in [0.5, 0.6) is 0 Å². The van der Waals surface area contributed by atoms with Crippen LogP contribution in [0.1, 0.15) is 11.1 Å². The number of halogens is 3. The van der Waals surface area contributed by atoms with E-state index in [1.54, 1.807) is 24.3 Å². The van der Waals surface area contributed by atoms with Crippen molar-refractivity contribution in [1.29, 1.82) is 0 Å². The van der Waals surface area contributed by atoms with Crippen molar-refractivity contribution in [2.24, 2.45) is 5.73 Å². The summed E-state index contributed by atoms with van der Waals surface area (Å²) >= 11 is 3.30. The second-order valence-corrected chi connectivity index (χ2v) is 6.15. The van der Waals surface area contributed by atoms with E-state index in [2.05, 4.69) is 21.2 Å². The van der Waals surface area contributed by atoms with Gasteiger partial charge in [-0.3, -0.25) is 9.59 Å². The summed E-state index contributed by atoms with van der Waals surface area (Å²) in [7, 11) is 0. The van der Waals surface area contributed by atoms with Crippen molar-refractivity contribution in [3.63, 3.8) is 0 Å². The summed E-state index contributed by atoms with van der Waals surface area (Å²) in [4.78, 5) is 23.6. The Morgan fingerprint density at radius 2 is 1.67 bits per heavy atom. The molecule has 0 aliphatic heterocycles. The molecule has 3 N–H and O–H groups in total. The molecule has 7 heteroatoms. The highest BCUT2D eigenvalue weighted by atomic mass is 79.9. The van der Waals surface area contributed by atoms with Crippen LogP contribution in [0.3, 0.4) is 0 Å². The predicted octanol–water partition coefficient (Wildman–Crippen LogP) is 2.48. The van der Waals surface area contributed by atoms with Crippen LogP contribution < -0.4 is 11.1 Å². The number of carbonyl (C=O) groups excluding carboxylic acids is 2. The van der Waals surface area contributed by atoms with Gasteiger partial charge in [0.15, 0.2) is 0 Å². The van der Waals surface area contributed by atoms with Gasteiger partial charge in [-0.05, 0) is 29.8 Å². The summed E-state index contributed by atoms with van der Waals surface area (Å²) in [5, 5.41) is 2.42. The molecule has 0 bridgehead atoms. The summed E-state index contributed by atoms with van der Waals surface area (Å²) in [5.74, 6) is -3.03. The van der Waals surface area contributed by atoms with Gasteiger partial charge in [0.25, 0.3) is 0 Å². The first-order valence-electron chi connectivity index (χ1n) is 7.13. The van der Waals surface area contributed by atoms with Crippen LogP contribution in [0.25, 0.3) is 0 Å². The third kappa shape index (κ3) is 4.86. The molecule has 0 aliphatic carbocycles. The van der Waals surface area contributed by atoms with E-state index in [0.717, 1.165) is 22.2 Å². The molecule has 2 aromatic rings. The van der Waals surface area contributed by atoms with Crippen molar-refractivity contribution >= 4 is 27.7 Å². The molecule has 4 nitrogen and oxygen atoms in total. The van der Waals surface area contributed by atoms with Crippen molar-refractivity contribution in [2.75, 3.05) is 0 Å². The maximum Gasteiger partial charge on any atom is 0.240 e. The number of amides is 2. The van der Waals surface area contributed by atoms with E-state index in [9.17, 15) is 18.4 Å². The Morgan fingerprint density at radius 3 is 2.21 bits per heavy atom. The maximum atomic E-state index is 13.6. The van der Waals surface area contributed by atoms with E-state index in [1.807, 2.05) is 0 Å². The van der Waals surface area contributed by atoms with Gasteiger partial charge in [0.1, 0.15) is 17.7 Å². The van der Waals surface area contributed by atoms with E-state index in [1.165, 1.54) is 6.07 Å². The van der Waals surface area contributed by atoms with Crippen LogP contribution in [0, 0.1) is 11.6 Å². The number of carbonyl (C=O) groups is 2. The fraction of sp³-hybridized carbons (Fsp3) is 0.176. The smallest absolute Gasteiger partial charge is 0.240 e. The Kier molecular flexibility index (Phi) is 6.03. The molecule has 2 rings (SSSR count). The summed E-state index contributed by atoms with van der Waals surface area (Å²) in [6.45, 7) is 0. The van der Waals surface area contributed by atoms with Crippen molar-refractivity contribution in [3.8, 4) is 0 Å². The minimum absolute atomic E-state index is 0.189. The van der Waals surface area contributed by atoms with Gasteiger partial charge in [0, 0.05) is 16.5 Å². The third-order valence-corrected chi connectivity index (χ3v) is 3.96. The molecule has 126 valence electrons. The number of benzene rings is 2. The van der Waals surface area contributed by atoms with Crippen molar-refractivity contribution in [3.05, 3.63) is 69.7 Å². The fourth-order valence-corrected chi connectivity index (χ4v) is 2.45. The Hall–Kier alpha value is -2.28. The average Bonchev–Trinajstić information content (AvgIpc) is 2.52. The van der Waals surface area contributed by atoms with Gasteiger partial charge < -0.3 is 11.1 Å². The van der Waals surface area contributed by atoms with Gasteiger partial charge in [-0.25, -0.2) is 8.78 Å². The van der Waals surface area contributed by atoms with Gasteiger partial charge >= 0.3 is 0 Å². The minimum Gasteiger partial charge on any atom is -0.368 e. The standard InChI is InChI=1S/C17H15BrF2N2O2/c18-11-6-4-10(5-7-11)8-15(17(21)24)22-16(23)9-12-13(19)2-1-3-14(12)20/h1-7,15H,8-9H2,(H2,21,24)(H,22,23)/t15-/m0/s1. The lowest BCUT2D eigenvalue weighted by molar-refractivity contribution is -0.127. The second kappa shape index (κ2) is 8.01. The first-order chi connectivity index (χ1) is 11.4. The molecule has 24 heavy (non-hydrogen) atoms. The molecule has 0 spiro atoms. The molecule has 2 amide bonds. The monoisotopic (exact) mass is 396 g/mol. The van der Waals surface area contributed by atoms with E-state index in [4.69, 9.17) is 5.73 Å². The Morgan fingerprint density at radius 1 is 1.08 bits per heavy atom. The molecule has 2 aromatic carbocycles. The molecule has 0 radical (unpaired) electrons. The van der Waals surface area contributed by atoms with Crippen LogP contribution >= 0.6 is 15.9 Å². The minimum atomic E-state index is -0.964. The predicted molar refractivity (Wildman–Crippen MR) is 89.0 cm³/mol. The SMILES string of the molecule is NC(=O)[C@H](Cc1ccc(Br)cc1)NC(=O)Cc1c(F)cccc1F. The lowest BCUT2D eigenvalue weighted by atomic mass is 10.0. The molecule has 0 aromatic heterocycles. The summed E-state index contributed by atoms with van der Waals surface area (Å²) in [5.41, 5.74) is 5.75. The first kappa shape index (κ1) is 18.1. The maximum absolute atomic E-state index is 13.6.